The summed E-state index contributed by atoms with van der Waals surface area (Å²) in [6.45, 7) is -0.0443. The van der Waals surface area contributed by atoms with E-state index in [0.717, 1.165) is 47.6 Å². The zero-order chi connectivity index (χ0) is 26.3. The van der Waals surface area contributed by atoms with Crippen LogP contribution in [0.25, 0.3) is 5.57 Å². The molecule has 2 aromatic rings. The highest BCUT2D eigenvalue weighted by molar-refractivity contribution is 7.92. The van der Waals surface area contributed by atoms with Crippen LogP contribution in [-0.2, 0) is 21.2 Å². The van der Waals surface area contributed by atoms with Crippen LogP contribution in [0.1, 0.15) is 24.0 Å². The number of aliphatic imine (C=N–C) groups is 1. The highest BCUT2D eigenvalue weighted by Gasteiger charge is 2.45. The van der Waals surface area contributed by atoms with E-state index < -0.39 is 50.9 Å². The third-order valence-electron chi connectivity index (χ3n) is 6.27. The summed E-state index contributed by atoms with van der Waals surface area (Å²) in [7, 11) is -2.64. The van der Waals surface area contributed by atoms with Crippen molar-refractivity contribution in [2.75, 3.05) is 7.05 Å². The first-order valence-electron chi connectivity index (χ1n) is 11.0. The van der Waals surface area contributed by atoms with Crippen molar-refractivity contribution < 1.29 is 35.2 Å². The molecule has 3 atom stereocenters. The molecule has 1 heterocycles. The lowest BCUT2D eigenvalue weighted by molar-refractivity contribution is -0.171. The van der Waals surface area contributed by atoms with Crippen molar-refractivity contribution in [2.45, 2.75) is 41.9 Å². The second-order valence-electron chi connectivity index (χ2n) is 8.70. The van der Waals surface area contributed by atoms with E-state index in [-0.39, 0.29) is 22.6 Å². The van der Waals surface area contributed by atoms with Crippen LogP contribution in [0.3, 0.4) is 0 Å². The molecule has 2 aromatic carbocycles. The normalized spacial score (nSPS) is 22.1. The standard InChI is InChI=1S/C24H22F5N3O3S/c1-32-13-15(12-31-23(32)24(27,28)29)19-10-14(2-8-20(19)26)11-30-22(33)18-7-9-21(18)36(34,35)17-5-3-16(25)4-6-17/h2-6,8,10,12-13,18,21,23H,7,9,11H2,1H3,(H,30,33)/t18-,21+,23?/m1/s1. The van der Waals surface area contributed by atoms with Crippen molar-refractivity contribution in [3.05, 3.63) is 71.4 Å². The minimum atomic E-state index is -4.58. The Labute approximate surface area is 204 Å². The van der Waals surface area contributed by atoms with Gasteiger partial charge in [0, 0.05) is 37.1 Å². The lowest BCUT2D eigenvalue weighted by atomic mass is 9.84. The molecule has 0 bridgehead atoms. The smallest absolute Gasteiger partial charge is 0.352 e. The van der Waals surface area contributed by atoms with Gasteiger partial charge in [0.2, 0.25) is 12.1 Å². The fraction of sp³-hybridized carbons (Fsp3) is 0.333. The van der Waals surface area contributed by atoms with Crippen LogP contribution in [0.2, 0.25) is 0 Å². The number of halogens is 5. The first kappa shape index (κ1) is 25.8. The molecule has 4 rings (SSSR count). The van der Waals surface area contributed by atoms with Gasteiger partial charge < -0.3 is 10.2 Å². The summed E-state index contributed by atoms with van der Waals surface area (Å²) < 4.78 is 92.3. The molecule has 0 spiro atoms. The predicted molar refractivity (Wildman–Crippen MR) is 122 cm³/mol. The van der Waals surface area contributed by atoms with Crippen LogP contribution < -0.4 is 5.32 Å². The van der Waals surface area contributed by atoms with E-state index in [1.807, 2.05) is 0 Å². The molecule has 192 valence electrons. The van der Waals surface area contributed by atoms with Gasteiger partial charge in [-0.05, 0) is 54.8 Å². The van der Waals surface area contributed by atoms with Gasteiger partial charge in [0.25, 0.3) is 0 Å². The Bertz CT molecular complexity index is 1320. The lowest BCUT2D eigenvalue weighted by Gasteiger charge is -2.34. The Kier molecular flexibility index (Phi) is 6.91. The molecule has 1 saturated carbocycles. The molecule has 6 nitrogen and oxygen atoms in total. The average Bonchev–Trinajstić information content (AvgIpc) is 2.77. The summed E-state index contributed by atoms with van der Waals surface area (Å²) in [5, 5.41) is 1.71. The second-order valence-corrected chi connectivity index (χ2v) is 10.9. The molecular formula is C24H22F5N3O3S. The van der Waals surface area contributed by atoms with Gasteiger partial charge in [0.05, 0.1) is 16.1 Å². The average molecular weight is 528 g/mol. The number of benzene rings is 2. The maximum absolute atomic E-state index is 14.5. The Morgan fingerprint density at radius 1 is 1.11 bits per heavy atom. The minimum Gasteiger partial charge on any atom is -0.352 e. The zero-order valence-electron chi connectivity index (χ0n) is 19.0. The Morgan fingerprint density at radius 3 is 2.39 bits per heavy atom. The topological polar surface area (TPSA) is 78.8 Å². The van der Waals surface area contributed by atoms with Crippen LogP contribution in [0.5, 0.6) is 0 Å². The number of allylic oxidation sites excluding steroid dienone is 1. The quantitative estimate of drug-likeness (QED) is 0.454. The van der Waals surface area contributed by atoms with Crippen molar-refractivity contribution >= 4 is 27.5 Å². The summed E-state index contributed by atoms with van der Waals surface area (Å²) in [6.07, 6.45) is -3.89. The molecule has 1 N–H and O–H groups in total. The summed E-state index contributed by atoms with van der Waals surface area (Å²) >= 11 is 0. The molecule has 36 heavy (non-hydrogen) atoms. The van der Waals surface area contributed by atoms with Crippen LogP contribution >= 0.6 is 0 Å². The number of carbonyl (C=O) groups excluding carboxylic acids is 1. The van der Waals surface area contributed by atoms with E-state index in [2.05, 4.69) is 10.3 Å². The third kappa shape index (κ3) is 5.13. The van der Waals surface area contributed by atoms with Gasteiger partial charge in [-0.25, -0.2) is 17.2 Å². The van der Waals surface area contributed by atoms with Crippen molar-refractivity contribution in [2.24, 2.45) is 10.9 Å². The van der Waals surface area contributed by atoms with Crippen molar-refractivity contribution in [1.29, 1.82) is 0 Å². The van der Waals surface area contributed by atoms with Crippen LogP contribution in [0.4, 0.5) is 22.0 Å². The van der Waals surface area contributed by atoms with E-state index in [1.54, 1.807) is 0 Å². The van der Waals surface area contributed by atoms with Crippen LogP contribution in [-0.4, -0.2) is 50.1 Å². The van der Waals surface area contributed by atoms with Crippen LogP contribution in [0.15, 0.2) is 58.6 Å². The molecule has 12 heteroatoms. The minimum absolute atomic E-state index is 0.0124. The number of sulfone groups is 1. The SMILES string of the molecule is CN1C=C(c2cc(CNC(=O)[C@@H]3CC[C@@H]3S(=O)(=O)c3ccc(F)cc3)ccc2F)C=NC1C(F)(F)F. The largest absolute Gasteiger partial charge is 0.429 e. The van der Waals surface area contributed by atoms with E-state index in [1.165, 1.54) is 19.2 Å². The van der Waals surface area contributed by atoms with Gasteiger partial charge in [-0.15, -0.1) is 0 Å². The predicted octanol–water partition coefficient (Wildman–Crippen LogP) is 4.08. The van der Waals surface area contributed by atoms with Gasteiger partial charge >= 0.3 is 6.18 Å². The van der Waals surface area contributed by atoms with Crippen molar-refractivity contribution in [1.82, 2.24) is 10.2 Å². The Morgan fingerprint density at radius 2 is 1.81 bits per heavy atom. The van der Waals surface area contributed by atoms with Crippen molar-refractivity contribution in [3.63, 3.8) is 0 Å². The van der Waals surface area contributed by atoms with Gasteiger partial charge in [-0.1, -0.05) is 6.07 Å². The molecule has 1 unspecified atom stereocenters. The molecule has 0 radical (unpaired) electrons. The highest BCUT2D eigenvalue weighted by Crippen LogP contribution is 2.37. The molecule has 0 saturated heterocycles. The number of hydrogen-bond acceptors (Lipinski definition) is 5. The summed E-state index contributed by atoms with van der Waals surface area (Å²) in [4.78, 5) is 17.0. The number of carbonyl (C=O) groups is 1. The number of hydrogen-bond donors (Lipinski definition) is 1. The fourth-order valence-electron chi connectivity index (χ4n) is 4.20. The molecule has 1 fully saturated rings. The monoisotopic (exact) mass is 527 g/mol. The highest BCUT2D eigenvalue weighted by atomic mass is 32.2. The maximum atomic E-state index is 14.5. The maximum Gasteiger partial charge on any atom is 0.429 e. The number of nitrogens with zero attached hydrogens (tertiary/aromatic N) is 2. The van der Waals surface area contributed by atoms with Gasteiger partial charge in [0.1, 0.15) is 11.6 Å². The fourth-order valence-corrected chi connectivity index (χ4v) is 6.20. The van der Waals surface area contributed by atoms with Gasteiger partial charge in [-0.2, -0.15) is 13.2 Å². The third-order valence-corrected chi connectivity index (χ3v) is 8.56. The van der Waals surface area contributed by atoms with Gasteiger partial charge in [-0.3, -0.25) is 9.79 Å². The van der Waals surface area contributed by atoms with Crippen LogP contribution in [0, 0.1) is 17.6 Å². The zero-order valence-corrected chi connectivity index (χ0v) is 19.8. The lowest BCUT2D eigenvalue weighted by Crippen LogP contribution is -2.47. The van der Waals surface area contributed by atoms with Crippen molar-refractivity contribution in [3.8, 4) is 0 Å². The number of rotatable bonds is 6. The Hall–Kier alpha value is -3.28. The van der Waals surface area contributed by atoms with E-state index >= 15 is 0 Å². The first-order chi connectivity index (χ1) is 16.9. The number of nitrogens with one attached hydrogen (secondary N) is 1. The van der Waals surface area contributed by atoms with E-state index in [9.17, 15) is 35.2 Å². The van der Waals surface area contributed by atoms with E-state index in [0.29, 0.717) is 18.4 Å². The molecule has 1 amide bonds. The van der Waals surface area contributed by atoms with Gasteiger partial charge in [0.15, 0.2) is 9.84 Å². The molecule has 2 aliphatic rings. The summed E-state index contributed by atoms with van der Waals surface area (Å²) in [5.41, 5.74) is 0.610. The summed E-state index contributed by atoms with van der Waals surface area (Å²) in [5.74, 6) is -2.53. The Balaban J connectivity index is 1.43. The molecular weight excluding hydrogens is 505 g/mol. The molecule has 0 aromatic heterocycles. The number of amides is 1. The number of alkyl halides is 3. The van der Waals surface area contributed by atoms with E-state index in [4.69, 9.17) is 0 Å². The second kappa shape index (κ2) is 9.64. The molecule has 1 aliphatic carbocycles. The molecule has 1 aliphatic heterocycles. The first-order valence-corrected chi connectivity index (χ1v) is 12.5. The summed E-state index contributed by atoms with van der Waals surface area (Å²) in [6, 6.07) is 8.34.